The first-order valence-corrected chi connectivity index (χ1v) is 6.15. The van der Waals surface area contributed by atoms with Crippen LogP contribution >= 0.6 is 11.6 Å². The molecule has 94 valence electrons. The third-order valence-electron chi connectivity index (χ3n) is 3.15. The highest BCUT2D eigenvalue weighted by atomic mass is 35.5. The van der Waals surface area contributed by atoms with Crippen molar-refractivity contribution >= 4 is 17.4 Å². The molecule has 0 amide bonds. The number of hydrogen-bond acceptors (Lipinski definition) is 3. The molecular formula is C12H17ClFN3. The van der Waals surface area contributed by atoms with E-state index in [0.29, 0.717) is 17.9 Å². The largest absolute Gasteiger partial charge is 0.349 e. The lowest BCUT2D eigenvalue weighted by atomic mass is 10.1. The lowest BCUT2D eigenvalue weighted by molar-refractivity contribution is 0.239. The predicted octanol–water partition coefficient (Wildman–Crippen LogP) is 2.40. The van der Waals surface area contributed by atoms with Crippen LogP contribution in [0.4, 0.5) is 10.2 Å². The molecule has 17 heavy (non-hydrogen) atoms. The van der Waals surface area contributed by atoms with E-state index in [4.69, 9.17) is 11.6 Å². The van der Waals surface area contributed by atoms with Crippen molar-refractivity contribution in [3.05, 3.63) is 23.1 Å². The molecule has 0 spiro atoms. The normalized spacial score (nSPS) is 26.3. The fraction of sp³-hybridized carbons (Fsp3) is 0.583. The first-order valence-electron chi connectivity index (χ1n) is 5.78. The smallest absolute Gasteiger partial charge is 0.233 e. The van der Waals surface area contributed by atoms with E-state index >= 15 is 0 Å². The average molecular weight is 258 g/mol. The molecule has 1 fully saturated rings. The maximum absolute atomic E-state index is 13.4. The molecule has 2 rings (SSSR count). The first-order chi connectivity index (χ1) is 7.99. The standard InChI is InChI=1S/C12H17ClFN3/c1-8-6-16(3)7-9(2)17(8)11-5-4-10(13)12(14)15-11/h4-5,8-9H,6-7H2,1-3H3. The number of aromatic nitrogens is 1. The lowest BCUT2D eigenvalue weighted by Crippen LogP contribution is -2.56. The molecule has 5 heteroatoms. The van der Waals surface area contributed by atoms with E-state index in [1.165, 1.54) is 0 Å². The summed E-state index contributed by atoms with van der Waals surface area (Å²) in [5.74, 6) is 0.0718. The minimum absolute atomic E-state index is 0.0724. The SMILES string of the molecule is CC1CN(C)CC(C)N1c1ccc(Cl)c(F)n1. The molecule has 1 aliphatic heterocycles. The molecule has 3 nitrogen and oxygen atoms in total. The van der Waals surface area contributed by atoms with Crippen LogP contribution in [0, 0.1) is 5.95 Å². The summed E-state index contributed by atoms with van der Waals surface area (Å²) in [7, 11) is 2.10. The van der Waals surface area contributed by atoms with Crippen molar-refractivity contribution in [2.75, 3.05) is 25.0 Å². The molecule has 0 N–H and O–H groups in total. The van der Waals surface area contributed by atoms with Gasteiger partial charge >= 0.3 is 0 Å². The molecule has 2 heterocycles. The topological polar surface area (TPSA) is 19.4 Å². The Morgan fingerprint density at radius 3 is 2.41 bits per heavy atom. The van der Waals surface area contributed by atoms with Crippen LogP contribution in [0.15, 0.2) is 12.1 Å². The molecule has 1 saturated heterocycles. The lowest BCUT2D eigenvalue weighted by Gasteiger charge is -2.44. The number of nitrogens with zero attached hydrogens (tertiary/aromatic N) is 3. The quantitative estimate of drug-likeness (QED) is 0.721. The second-order valence-corrected chi connectivity index (χ2v) is 5.18. The number of hydrogen-bond donors (Lipinski definition) is 0. The third kappa shape index (κ3) is 2.53. The molecule has 1 aromatic heterocycles. The highest BCUT2D eigenvalue weighted by molar-refractivity contribution is 6.30. The van der Waals surface area contributed by atoms with Crippen LogP contribution in [0.1, 0.15) is 13.8 Å². The summed E-state index contributed by atoms with van der Waals surface area (Å²) in [6.45, 7) is 6.16. The summed E-state index contributed by atoms with van der Waals surface area (Å²) in [6, 6.07) is 3.98. The monoisotopic (exact) mass is 257 g/mol. The van der Waals surface area contributed by atoms with Gasteiger partial charge in [0.2, 0.25) is 5.95 Å². The van der Waals surface area contributed by atoms with Gasteiger partial charge in [-0.1, -0.05) is 11.6 Å². The fourth-order valence-electron chi connectivity index (χ4n) is 2.59. The zero-order valence-corrected chi connectivity index (χ0v) is 11.1. The summed E-state index contributed by atoms with van der Waals surface area (Å²) in [6.07, 6.45) is 0. The van der Waals surface area contributed by atoms with Crippen LogP contribution in [0.3, 0.4) is 0 Å². The maximum atomic E-state index is 13.4. The van der Waals surface area contributed by atoms with Crippen molar-refractivity contribution < 1.29 is 4.39 Å². The number of halogens is 2. The van der Waals surface area contributed by atoms with Gasteiger partial charge in [-0.05, 0) is 33.0 Å². The van der Waals surface area contributed by atoms with E-state index in [9.17, 15) is 4.39 Å². The molecule has 0 saturated carbocycles. The summed E-state index contributed by atoms with van der Waals surface area (Å²) in [4.78, 5) is 8.36. The number of anilines is 1. The van der Waals surface area contributed by atoms with Gasteiger partial charge in [0, 0.05) is 25.2 Å². The van der Waals surface area contributed by atoms with Gasteiger partial charge in [-0.25, -0.2) is 4.98 Å². The Morgan fingerprint density at radius 2 is 1.88 bits per heavy atom. The number of rotatable bonds is 1. The highest BCUT2D eigenvalue weighted by Crippen LogP contribution is 2.24. The van der Waals surface area contributed by atoms with Gasteiger partial charge in [0.15, 0.2) is 0 Å². The van der Waals surface area contributed by atoms with Crippen molar-refractivity contribution in [1.29, 1.82) is 0 Å². The van der Waals surface area contributed by atoms with Gasteiger partial charge in [-0.3, -0.25) is 0 Å². The van der Waals surface area contributed by atoms with Crippen LogP contribution in [0.2, 0.25) is 5.02 Å². The van der Waals surface area contributed by atoms with E-state index in [2.05, 4.69) is 35.7 Å². The molecule has 1 aliphatic rings. The summed E-state index contributed by atoms with van der Waals surface area (Å²) in [5, 5.41) is 0.0724. The molecule has 0 radical (unpaired) electrons. The molecular weight excluding hydrogens is 241 g/mol. The number of likely N-dealkylation sites (N-methyl/N-ethyl adjacent to an activating group) is 1. The van der Waals surface area contributed by atoms with Crippen molar-refractivity contribution in [3.63, 3.8) is 0 Å². The Labute approximate surface area is 106 Å². The Hall–Kier alpha value is -0.870. The van der Waals surface area contributed by atoms with Crippen molar-refractivity contribution in [2.45, 2.75) is 25.9 Å². The molecule has 0 aromatic carbocycles. The van der Waals surface area contributed by atoms with Crippen molar-refractivity contribution in [2.24, 2.45) is 0 Å². The molecule has 0 aliphatic carbocycles. The Kier molecular flexibility index (Phi) is 3.54. The van der Waals surface area contributed by atoms with Gasteiger partial charge in [-0.15, -0.1) is 0 Å². The Balaban J connectivity index is 2.28. The van der Waals surface area contributed by atoms with Gasteiger partial charge in [-0.2, -0.15) is 4.39 Å². The van der Waals surface area contributed by atoms with E-state index in [1.807, 2.05) is 0 Å². The minimum atomic E-state index is -0.595. The van der Waals surface area contributed by atoms with E-state index in [0.717, 1.165) is 13.1 Å². The predicted molar refractivity (Wildman–Crippen MR) is 68.1 cm³/mol. The third-order valence-corrected chi connectivity index (χ3v) is 3.44. The maximum Gasteiger partial charge on any atom is 0.233 e. The van der Waals surface area contributed by atoms with E-state index in [1.54, 1.807) is 12.1 Å². The molecule has 0 bridgehead atoms. The van der Waals surface area contributed by atoms with Gasteiger partial charge in [0.05, 0.1) is 5.02 Å². The molecule has 2 atom stereocenters. The van der Waals surface area contributed by atoms with Crippen LogP contribution < -0.4 is 4.90 Å². The van der Waals surface area contributed by atoms with Crippen LogP contribution in [0.25, 0.3) is 0 Å². The average Bonchev–Trinajstić information content (AvgIpc) is 2.21. The van der Waals surface area contributed by atoms with Crippen molar-refractivity contribution in [3.8, 4) is 0 Å². The fourth-order valence-corrected chi connectivity index (χ4v) is 2.70. The Morgan fingerprint density at radius 1 is 1.29 bits per heavy atom. The number of pyridine rings is 1. The zero-order chi connectivity index (χ0) is 12.6. The van der Waals surface area contributed by atoms with E-state index < -0.39 is 5.95 Å². The summed E-state index contributed by atoms with van der Waals surface area (Å²) < 4.78 is 13.4. The molecule has 2 unspecified atom stereocenters. The van der Waals surface area contributed by atoms with Crippen molar-refractivity contribution in [1.82, 2.24) is 9.88 Å². The van der Waals surface area contributed by atoms with E-state index in [-0.39, 0.29) is 5.02 Å². The summed E-state index contributed by atoms with van der Waals surface area (Å²) >= 11 is 5.65. The van der Waals surface area contributed by atoms with Crippen LogP contribution in [-0.2, 0) is 0 Å². The van der Waals surface area contributed by atoms with Gasteiger partial charge < -0.3 is 9.80 Å². The first kappa shape index (κ1) is 12.6. The van der Waals surface area contributed by atoms with Crippen LogP contribution in [-0.4, -0.2) is 42.1 Å². The zero-order valence-electron chi connectivity index (χ0n) is 10.3. The minimum Gasteiger partial charge on any atom is -0.349 e. The Bertz CT molecular complexity index is 401. The highest BCUT2D eigenvalue weighted by Gasteiger charge is 2.28. The second-order valence-electron chi connectivity index (χ2n) is 4.77. The summed E-state index contributed by atoms with van der Waals surface area (Å²) in [5.41, 5.74) is 0. The van der Waals surface area contributed by atoms with Gasteiger partial charge in [0.1, 0.15) is 5.82 Å². The number of piperazine rings is 1. The second kappa shape index (κ2) is 4.78. The molecule has 1 aromatic rings. The van der Waals surface area contributed by atoms with Gasteiger partial charge in [0.25, 0.3) is 0 Å². The van der Waals surface area contributed by atoms with Crippen LogP contribution in [0.5, 0.6) is 0 Å².